The molecule has 0 aromatic carbocycles. The van der Waals surface area contributed by atoms with E-state index in [0.717, 1.165) is 0 Å². The van der Waals surface area contributed by atoms with E-state index >= 15 is 0 Å². The van der Waals surface area contributed by atoms with E-state index in [1.165, 1.54) is 0 Å². The zero-order valence-electron chi connectivity index (χ0n) is 12.4. The first-order chi connectivity index (χ1) is 10.8. The van der Waals surface area contributed by atoms with Crippen LogP contribution in [0, 0.1) is 0 Å². The summed E-state index contributed by atoms with van der Waals surface area (Å²) in [7, 11) is 0. The second-order valence-electron chi connectivity index (χ2n) is 5.53. The Morgan fingerprint density at radius 3 is 1.79 bits per heavy atom. The fourth-order valence-electron chi connectivity index (χ4n) is 2.57. The average Bonchev–Trinajstić information content (AvgIpc) is 2.55. The maximum atomic E-state index is 9.94. The summed E-state index contributed by atoms with van der Waals surface area (Å²) in [5.41, 5.74) is 0. The summed E-state index contributed by atoms with van der Waals surface area (Å²) >= 11 is 0. The molecule has 24 heavy (non-hydrogen) atoms. The van der Waals surface area contributed by atoms with E-state index in [-0.39, 0.29) is 12.4 Å². The molecule has 144 valence electrons. The molecule has 0 aromatic rings. The molecule has 0 aromatic heterocycles. The molecule has 0 radical (unpaired) electrons. The van der Waals surface area contributed by atoms with Gasteiger partial charge < -0.3 is 55.1 Å². The van der Waals surface area contributed by atoms with Crippen LogP contribution in [-0.4, -0.2) is 115 Å². The van der Waals surface area contributed by atoms with Crippen LogP contribution in [0.4, 0.5) is 0 Å². The molecular weight excluding hydrogens is 356 g/mol. The highest BCUT2D eigenvalue weighted by Crippen LogP contribution is 2.28. The summed E-state index contributed by atoms with van der Waals surface area (Å²) in [6.07, 6.45) is -15.6. The fraction of sp³-hybridized carbons (Fsp3) is 1.00. The molecule has 0 amide bonds. The van der Waals surface area contributed by atoms with Crippen LogP contribution in [0.3, 0.4) is 0 Å². The predicted molar refractivity (Wildman–Crippen MR) is 75.9 cm³/mol. The Morgan fingerprint density at radius 1 is 0.667 bits per heavy atom. The van der Waals surface area contributed by atoms with Crippen molar-refractivity contribution in [2.24, 2.45) is 0 Å². The molecule has 2 saturated heterocycles. The number of aliphatic hydroxyl groups is 8. The van der Waals surface area contributed by atoms with Gasteiger partial charge in [0.25, 0.3) is 0 Å². The van der Waals surface area contributed by atoms with Crippen molar-refractivity contribution in [1.29, 1.82) is 0 Å². The Bertz CT molecular complexity index is 384. The van der Waals surface area contributed by atoms with E-state index in [2.05, 4.69) is 0 Å². The van der Waals surface area contributed by atoms with Crippen molar-refractivity contribution in [3.8, 4) is 0 Å². The number of aliphatic hydroxyl groups excluding tert-OH is 8. The van der Waals surface area contributed by atoms with Crippen molar-refractivity contribution in [3.63, 3.8) is 0 Å². The van der Waals surface area contributed by atoms with Gasteiger partial charge in [-0.3, -0.25) is 0 Å². The van der Waals surface area contributed by atoms with Crippen molar-refractivity contribution in [2.45, 2.75) is 61.4 Å². The minimum atomic E-state index is -1.74. The third-order valence-corrected chi connectivity index (χ3v) is 3.98. The van der Waals surface area contributed by atoms with Gasteiger partial charge in [-0.2, -0.15) is 0 Å². The molecule has 2 aliphatic rings. The van der Waals surface area contributed by atoms with E-state index in [1.807, 2.05) is 0 Å². The van der Waals surface area contributed by atoms with Gasteiger partial charge in [-0.25, -0.2) is 0 Å². The van der Waals surface area contributed by atoms with Crippen molar-refractivity contribution in [3.05, 3.63) is 0 Å². The quantitative estimate of drug-likeness (QED) is 0.234. The number of hydrogen-bond donors (Lipinski definition) is 8. The zero-order chi connectivity index (χ0) is 17.3. The first-order valence-corrected chi connectivity index (χ1v) is 7.08. The summed E-state index contributed by atoms with van der Waals surface area (Å²) in [5.74, 6) is 0. The van der Waals surface area contributed by atoms with E-state index in [1.54, 1.807) is 0 Å². The molecule has 0 spiro atoms. The van der Waals surface area contributed by atoms with Gasteiger partial charge >= 0.3 is 0 Å². The van der Waals surface area contributed by atoms with E-state index in [0.29, 0.717) is 0 Å². The molecule has 0 unspecified atom stereocenters. The lowest BCUT2D eigenvalue weighted by atomic mass is 9.97. The Morgan fingerprint density at radius 2 is 1.25 bits per heavy atom. The standard InChI is InChI=1S/C12H22O11.ClH/c13-1-3-5(15)6(16)9(19)12(22-3)23-10-4(2-14)21-11(20)8(18)7(10)17;/h3-20H,1-2H2;1H/t3-,4-,5+,6+,7-,8-,9-,10-,11+,12+;/m1./s1. The van der Waals surface area contributed by atoms with Gasteiger partial charge in [0.1, 0.15) is 48.8 Å². The molecule has 10 atom stereocenters. The molecule has 8 N–H and O–H groups in total. The molecular formula is C12H23ClO11. The third-order valence-electron chi connectivity index (χ3n) is 3.98. The number of halogens is 1. The van der Waals surface area contributed by atoms with Gasteiger partial charge in [-0.15, -0.1) is 12.4 Å². The average molecular weight is 379 g/mol. The molecule has 0 bridgehead atoms. The van der Waals surface area contributed by atoms with Gasteiger partial charge in [-0.05, 0) is 0 Å². The van der Waals surface area contributed by atoms with Crippen LogP contribution in [0.15, 0.2) is 0 Å². The number of hydrogen-bond acceptors (Lipinski definition) is 11. The molecule has 2 rings (SSSR count). The second kappa shape index (κ2) is 8.98. The van der Waals surface area contributed by atoms with Crippen molar-refractivity contribution in [1.82, 2.24) is 0 Å². The van der Waals surface area contributed by atoms with Crippen molar-refractivity contribution >= 4 is 12.4 Å². The first kappa shape index (κ1) is 21.9. The topological polar surface area (TPSA) is 190 Å². The Labute approximate surface area is 143 Å². The molecule has 2 fully saturated rings. The van der Waals surface area contributed by atoms with Crippen LogP contribution in [0.25, 0.3) is 0 Å². The van der Waals surface area contributed by atoms with Gasteiger partial charge in [0.15, 0.2) is 12.6 Å². The first-order valence-electron chi connectivity index (χ1n) is 7.08. The molecule has 12 heteroatoms. The van der Waals surface area contributed by atoms with E-state index < -0.39 is 74.6 Å². The molecule has 2 heterocycles. The lowest BCUT2D eigenvalue weighted by Gasteiger charge is -2.45. The van der Waals surface area contributed by atoms with Gasteiger partial charge in [0, 0.05) is 0 Å². The van der Waals surface area contributed by atoms with E-state index in [9.17, 15) is 35.7 Å². The van der Waals surface area contributed by atoms with E-state index in [4.69, 9.17) is 19.3 Å². The van der Waals surface area contributed by atoms with Crippen LogP contribution in [0.1, 0.15) is 0 Å². The largest absolute Gasteiger partial charge is 0.394 e. The lowest BCUT2D eigenvalue weighted by molar-refractivity contribution is -0.355. The van der Waals surface area contributed by atoms with Crippen LogP contribution >= 0.6 is 12.4 Å². The summed E-state index contributed by atoms with van der Waals surface area (Å²) < 4.78 is 15.3. The maximum Gasteiger partial charge on any atom is 0.187 e. The van der Waals surface area contributed by atoms with Crippen LogP contribution < -0.4 is 0 Å². The fourth-order valence-corrected chi connectivity index (χ4v) is 2.57. The predicted octanol–water partition coefficient (Wildman–Crippen LogP) is -4.98. The van der Waals surface area contributed by atoms with Crippen LogP contribution in [0.5, 0.6) is 0 Å². The minimum Gasteiger partial charge on any atom is -0.394 e. The third kappa shape index (κ3) is 4.15. The monoisotopic (exact) mass is 378 g/mol. The normalized spacial score (nSPS) is 49.5. The zero-order valence-corrected chi connectivity index (χ0v) is 13.2. The maximum absolute atomic E-state index is 9.94. The van der Waals surface area contributed by atoms with Crippen molar-refractivity contribution in [2.75, 3.05) is 13.2 Å². The smallest absolute Gasteiger partial charge is 0.187 e. The summed E-state index contributed by atoms with van der Waals surface area (Å²) in [6.45, 7) is -1.35. The Balaban J connectivity index is 0.00000288. The SMILES string of the molecule is Cl.OC[C@H]1O[C@@H](O[C@H]2[C@H](O)[C@@H](O)[C@@H](O)O[C@@H]2CO)[C@H](O)[C@@H](O)[C@H]1O. The number of rotatable bonds is 4. The van der Waals surface area contributed by atoms with Gasteiger partial charge in [-0.1, -0.05) is 0 Å². The molecule has 0 saturated carbocycles. The van der Waals surface area contributed by atoms with Crippen molar-refractivity contribution < 1.29 is 55.1 Å². The molecule has 2 aliphatic heterocycles. The molecule has 11 nitrogen and oxygen atoms in total. The summed E-state index contributed by atoms with van der Waals surface area (Å²) in [6, 6.07) is 0. The second-order valence-corrected chi connectivity index (χ2v) is 5.53. The molecule has 0 aliphatic carbocycles. The summed E-state index contributed by atoms with van der Waals surface area (Å²) in [4.78, 5) is 0. The number of ether oxygens (including phenoxy) is 3. The van der Waals surface area contributed by atoms with Crippen LogP contribution in [-0.2, 0) is 14.2 Å². The lowest BCUT2D eigenvalue weighted by Crippen LogP contribution is -2.64. The summed E-state index contributed by atoms with van der Waals surface area (Å²) in [5, 5.41) is 76.5. The highest BCUT2D eigenvalue weighted by molar-refractivity contribution is 5.85. The highest BCUT2D eigenvalue weighted by atomic mass is 35.5. The Hall–Kier alpha value is -0.150. The van der Waals surface area contributed by atoms with Gasteiger partial charge in [0.2, 0.25) is 0 Å². The Kier molecular flexibility index (Phi) is 8.19. The van der Waals surface area contributed by atoms with Gasteiger partial charge in [0.05, 0.1) is 13.2 Å². The van der Waals surface area contributed by atoms with Crippen LogP contribution in [0.2, 0.25) is 0 Å². The highest BCUT2D eigenvalue weighted by Gasteiger charge is 2.50. The minimum absolute atomic E-state index is 0.